The zero-order valence-corrected chi connectivity index (χ0v) is 13.1. The topological polar surface area (TPSA) is 55.8 Å². The number of hydrogen-bond donors (Lipinski definition) is 0. The van der Waals surface area contributed by atoms with Gasteiger partial charge in [-0.05, 0) is 42.0 Å². The van der Waals surface area contributed by atoms with E-state index >= 15 is 0 Å². The first kappa shape index (κ1) is 15.0. The molecule has 2 amide bonds. The Labute approximate surface area is 133 Å². The van der Waals surface area contributed by atoms with Crippen LogP contribution in [0, 0.1) is 0 Å². The molecule has 0 saturated carbocycles. The molecule has 0 bridgehead atoms. The Balaban J connectivity index is 1.74. The maximum Gasteiger partial charge on any atom is 0.293 e. The molecular formula is C16H17NO4S. The van der Waals surface area contributed by atoms with Crippen molar-refractivity contribution < 1.29 is 19.1 Å². The number of amides is 2. The van der Waals surface area contributed by atoms with Crippen LogP contribution in [0.15, 0.2) is 23.1 Å². The van der Waals surface area contributed by atoms with Crippen LogP contribution in [0.2, 0.25) is 0 Å². The summed E-state index contributed by atoms with van der Waals surface area (Å²) in [6, 6.07) is 5.46. The zero-order chi connectivity index (χ0) is 15.5. The first-order valence-corrected chi connectivity index (χ1v) is 8.15. The smallest absolute Gasteiger partial charge is 0.293 e. The molecule has 0 N–H and O–H groups in total. The van der Waals surface area contributed by atoms with Gasteiger partial charge in [0.05, 0.1) is 4.91 Å². The highest BCUT2D eigenvalue weighted by atomic mass is 32.2. The van der Waals surface area contributed by atoms with E-state index in [9.17, 15) is 9.59 Å². The van der Waals surface area contributed by atoms with Crippen LogP contribution >= 0.6 is 11.8 Å². The van der Waals surface area contributed by atoms with Crippen LogP contribution < -0.4 is 9.47 Å². The van der Waals surface area contributed by atoms with Gasteiger partial charge in [0.25, 0.3) is 11.1 Å². The predicted molar refractivity (Wildman–Crippen MR) is 84.8 cm³/mol. The van der Waals surface area contributed by atoms with Crippen molar-refractivity contribution >= 4 is 29.0 Å². The third-order valence-electron chi connectivity index (χ3n) is 3.55. The number of carbonyl (C=O) groups excluding carboxylic acids is 2. The van der Waals surface area contributed by atoms with Crippen LogP contribution in [0.5, 0.6) is 11.5 Å². The Morgan fingerprint density at radius 1 is 1.23 bits per heavy atom. The van der Waals surface area contributed by atoms with Gasteiger partial charge in [-0.15, -0.1) is 0 Å². The molecule has 6 heteroatoms. The second-order valence-corrected chi connectivity index (χ2v) is 6.15. The van der Waals surface area contributed by atoms with E-state index < -0.39 is 0 Å². The minimum atomic E-state index is -0.205. The van der Waals surface area contributed by atoms with E-state index in [4.69, 9.17) is 9.47 Å². The number of fused-ring (bicyclic) bond motifs is 1. The summed E-state index contributed by atoms with van der Waals surface area (Å²) >= 11 is 0.994. The summed E-state index contributed by atoms with van der Waals surface area (Å²) in [5.41, 5.74) is 0.823. The van der Waals surface area contributed by atoms with Crippen LogP contribution in [0.4, 0.5) is 4.79 Å². The van der Waals surface area contributed by atoms with E-state index in [0.717, 1.165) is 36.6 Å². The largest absolute Gasteiger partial charge is 0.454 e. The summed E-state index contributed by atoms with van der Waals surface area (Å²) in [5, 5.41) is -0.187. The lowest BCUT2D eigenvalue weighted by Gasteiger charge is -2.11. The second kappa shape index (κ2) is 6.44. The van der Waals surface area contributed by atoms with Crippen molar-refractivity contribution in [3.8, 4) is 11.5 Å². The first-order chi connectivity index (χ1) is 10.7. The van der Waals surface area contributed by atoms with Crippen molar-refractivity contribution in [1.29, 1.82) is 0 Å². The number of imide groups is 1. The molecule has 0 aromatic heterocycles. The molecule has 116 valence electrons. The van der Waals surface area contributed by atoms with Crippen molar-refractivity contribution in [2.45, 2.75) is 26.2 Å². The zero-order valence-electron chi connectivity index (χ0n) is 12.3. The number of unbranched alkanes of at least 4 members (excludes halogenated alkanes) is 2. The molecule has 1 aromatic carbocycles. The van der Waals surface area contributed by atoms with Gasteiger partial charge in [0.15, 0.2) is 11.5 Å². The van der Waals surface area contributed by atoms with Gasteiger partial charge in [-0.1, -0.05) is 25.8 Å². The van der Waals surface area contributed by atoms with E-state index in [-0.39, 0.29) is 17.9 Å². The molecule has 0 radical (unpaired) electrons. The van der Waals surface area contributed by atoms with Crippen molar-refractivity contribution in [2.75, 3.05) is 13.3 Å². The van der Waals surface area contributed by atoms with E-state index in [1.165, 1.54) is 4.90 Å². The summed E-state index contributed by atoms with van der Waals surface area (Å²) in [4.78, 5) is 26.0. The lowest BCUT2D eigenvalue weighted by Crippen LogP contribution is -2.29. The van der Waals surface area contributed by atoms with Gasteiger partial charge in [-0.25, -0.2) is 0 Å². The molecule has 2 aliphatic heterocycles. The predicted octanol–water partition coefficient (Wildman–Crippen LogP) is 3.64. The number of ether oxygens (including phenoxy) is 2. The van der Waals surface area contributed by atoms with Gasteiger partial charge >= 0.3 is 0 Å². The van der Waals surface area contributed by atoms with Crippen LogP contribution in [0.25, 0.3) is 6.08 Å². The summed E-state index contributed by atoms with van der Waals surface area (Å²) in [6.07, 6.45) is 4.66. The van der Waals surface area contributed by atoms with Gasteiger partial charge in [-0.3, -0.25) is 14.5 Å². The molecule has 1 fully saturated rings. The Bertz CT molecular complexity index is 641. The number of nitrogens with zero attached hydrogens (tertiary/aromatic N) is 1. The molecule has 0 spiro atoms. The number of thioether (sulfide) groups is 1. The van der Waals surface area contributed by atoms with Gasteiger partial charge in [0, 0.05) is 6.54 Å². The fraction of sp³-hybridized carbons (Fsp3) is 0.375. The molecule has 0 aliphatic carbocycles. The second-order valence-electron chi connectivity index (χ2n) is 5.15. The van der Waals surface area contributed by atoms with Crippen LogP contribution in [0.3, 0.4) is 0 Å². The number of hydrogen-bond acceptors (Lipinski definition) is 5. The Morgan fingerprint density at radius 3 is 2.86 bits per heavy atom. The molecule has 5 nitrogen and oxygen atoms in total. The summed E-state index contributed by atoms with van der Waals surface area (Å²) in [6.45, 7) is 2.80. The number of rotatable bonds is 5. The first-order valence-electron chi connectivity index (χ1n) is 7.34. The molecule has 3 rings (SSSR count). The monoisotopic (exact) mass is 319 g/mol. The van der Waals surface area contributed by atoms with Crippen LogP contribution in [0.1, 0.15) is 31.7 Å². The summed E-state index contributed by atoms with van der Waals surface area (Å²) in [7, 11) is 0. The van der Waals surface area contributed by atoms with Gasteiger partial charge < -0.3 is 9.47 Å². The van der Waals surface area contributed by atoms with Gasteiger partial charge in [-0.2, -0.15) is 0 Å². The molecule has 0 unspecified atom stereocenters. The maximum absolute atomic E-state index is 12.3. The standard InChI is InChI=1S/C16H17NO4S/c1-2-3-4-7-17-15(18)14(22-16(17)19)9-11-5-6-12-13(8-11)21-10-20-12/h5-6,8-9H,2-4,7,10H2,1H3/b14-9-. The molecule has 2 aliphatic rings. The fourth-order valence-corrected chi connectivity index (χ4v) is 3.23. The molecule has 2 heterocycles. The highest BCUT2D eigenvalue weighted by Crippen LogP contribution is 2.36. The molecular weight excluding hydrogens is 302 g/mol. The lowest BCUT2D eigenvalue weighted by atomic mass is 10.2. The van der Waals surface area contributed by atoms with Gasteiger partial charge in [0.2, 0.25) is 6.79 Å². The van der Waals surface area contributed by atoms with Gasteiger partial charge in [0.1, 0.15) is 0 Å². The lowest BCUT2D eigenvalue weighted by molar-refractivity contribution is -0.122. The van der Waals surface area contributed by atoms with Crippen LogP contribution in [-0.2, 0) is 4.79 Å². The molecule has 22 heavy (non-hydrogen) atoms. The molecule has 0 atom stereocenters. The quantitative estimate of drug-likeness (QED) is 0.612. The number of benzene rings is 1. The van der Waals surface area contributed by atoms with E-state index in [1.54, 1.807) is 12.1 Å². The Hall–Kier alpha value is -1.95. The average Bonchev–Trinajstić information content (AvgIpc) is 3.07. The summed E-state index contributed by atoms with van der Waals surface area (Å²) < 4.78 is 10.6. The Morgan fingerprint density at radius 2 is 2.05 bits per heavy atom. The average molecular weight is 319 g/mol. The van der Waals surface area contributed by atoms with Crippen molar-refractivity contribution in [1.82, 2.24) is 4.90 Å². The normalized spacial score (nSPS) is 18.6. The maximum atomic E-state index is 12.3. The van der Waals surface area contributed by atoms with Crippen LogP contribution in [-0.4, -0.2) is 29.4 Å². The third-order valence-corrected chi connectivity index (χ3v) is 4.46. The fourth-order valence-electron chi connectivity index (χ4n) is 2.37. The van der Waals surface area contributed by atoms with E-state index in [1.807, 2.05) is 12.1 Å². The SMILES string of the molecule is CCCCCN1C(=O)S/C(=C\c2ccc3c(c2)OCO3)C1=O. The minimum absolute atomic E-state index is 0.187. The van der Waals surface area contributed by atoms with Crippen molar-refractivity contribution in [2.24, 2.45) is 0 Å². The molecule has 1 saturated heterocycles. The highest BCUT2D eigenvalue weighted by molar-refractivity contribution is 8.18. The minimum Gasteiger partial charge on any atom is -0.454 e. The van der Waals surface area contributed by atoms with Crippen molar-refractivity contribution in [3.63, 3.8) is 0 Å². The number of carbonyl (C=O) groups is 2. The summed E-state index contributed by atoms with van der Waals surface area (Å²) in [5.74, 6) is 1.16. The van der Waals surface area contributed by atoms with E-state index in [2.05, 4.69) is 6.92 Å². The van der Waals surface area contributed by atoms with Crippen molar-refractivity contribution in [3.05, 3.63) is 28.7 Å². The van der Waals surface area contributed by atoms with E-state index in [0.29, 0.717) is 22.9 Å². The highest BCUT2D eigenvalue weighted by Gasteiger charge is 2.34. The molecule has 1 aromatic rings. The third kappa shape index (κ3) is 2.97. The Kier molecular flexibility index (Phi) is 4.38.